The van der Waals surface area contributed by atoms with Crippen molar-refractivity contribution in [1.82, 2.24) is 4.98 Å². The summed E-state index contributed by atoms with van der Waals surface area (Å²) in [6.45, 7) is 0. The van der Waals surface area contributed by atoms with Crippen LogP contribution < -0.4 is 0 Å². The van der Waals surface area contributed by atoms with Crippen molar-refractivity contribution in [3.05, 3.63) is 61.8 Å². The van der Waals surface area contributed by atoms with Gasteiger partial charge in [-0.05, 0) is 46.3 Å². The van der Waals surface area contributed by atoms with Crippen molar-refractivity contribution in [2.75, 3.05) is 0 Å². The second-order valence-corrected chi connectivity index (χ2v) is 7.42. The van der Waals surface area contributed by atoms with Crippen LogP contribution in [-0.2, 0) is 6.42 Å². The van der Waals surface area contributed by atoms with E-state index in [1.165, 1.54) is 0 Å². The fourth-order valence-electron chi connectivity index (χ4n) is 2.19. The minimum Gasteiger partial charge on any atom is -0.388 e. The van der Waals surface area contributed by atoms with E-state index >= 15 is 0 Å². The Kier molecular flexibility index (Phi) is 4.08. The summed E-state index contributed by atoms with van der Waals surface area (Å²) in [6.07, 6.45) is 1.70. The summed E-state index contributed by atoms with van der Waals surface area (Å²) in [7, 11) is 0. The number of fused-ring (bicyclic) bond motifs is 1. The molecule has 3 rings (SSSR count). The predicted octanol–water partition coefficient (Wildman–Crippen LogP) is 4.99. The summed E-state index contributed by atoms with van der Waals surface area (Å²) in [5.41, 5.74) is 1.58. The van der Waals surface area contributed by atoms with E-state index in [0.29, 0.717) is 11.4 Å². The molecule has 20 heavy (non-hydrogen) atoms. The van der Waals surface area contributed by atoms with Crippen LogP contribution in [0.2, 0.25) is 5.02 Å². The van der Waals surface area contributed by atoms with Crippen molar-refractivity contribution in [3.63, 3.8) is 0 Å². The lowest BCUT2D eigenvalue weighted by Gasteiger charge is -2.13. The highest BCUT2D eigenvalue weighted by atomic mass is 79.9. The van der Waals surface area contributed by atoms with Crippen molar-refractivity contribution in [2.24, 2.45) is 0 Å². The monoisotopic (exact) mass is 367 g/mol. The molecule has 0 aliphatic heterocycles. The Hall–Kier alpha value is -0.940. The molecule has 2 aromatic heterocycles. The molecule has 2 nitrogen and oxygen atoms in total. The minimum absolute atomic E-state index is 0.573. The van der Waals surface area contributed by atoms with Gasteiger partial charge in [0.2, 0.25) is 0 Å². The number of aliphatic hydroxyl groups is 1. The van der Waals surface area contributed by atoms with Crippen LogP contribution in [0.1, 0.15) is 16.5 Å². The molecule has 0 radical (unpaired) electrons. The molecule has 0 amide bonds. The Morgan fingerprint density at radius 3 is 2.85 bits per heavy atom. The normalized spacial score (nSPS) is 12.8. The highest BCUT2D eigenvalue weighted by molar-refractivity contribution is 9.11. The van der Waals surface area contributed by atoms with E-state index in [1.807, 2.05) is 36.4 Å². The van der Waals surface area contributed by atoms with Gasteiger partial charge in [0.1, 0.15) is 0 Å². The summed E-state index contributed by atoms with van der Waals surface area (Å²) in [5, 5.41) is 12.0. The predicted molar refractivity (Wildman–Crippen MR) is 87.4 cm³/mol. The number of aliphatic hydroxyl groups excluding tert-OH is 1. The Bertz CT molecular complexity index is 758. The maximum absolute atomic E-state index is 10.5. The van der Waals surface area contributed by atoms with Gasteiger partial charge in [-0.3, -0.25) is 4.98 Å². The fourth-order valence-corrected chi connectivity index (χ4v) is 3.93. The summed E-state index contributed by atoms with van der Waals surface area (Å²) in [4.78, 5) is 5.49. The average molecular weight is 369 g/mol. The Balaban J connectivity index is 1.99. The zero-order valence-electron chi connectivity index (χ0n) is 10.4. The topological polar surface area (TPSA) is 33.1 Å². The van der Waals surface area contributed by atoms with Crippen LogP contribution in [0.25, 0.3) is 10.9 Å². The molecule has 5 heteroatoms. The zero-order valence-corrected chi connectivity index (χ0v) is 13.5. The van der Waals surface area contributed by atoms with Crippen molar-refractivity contribution < 1.29 is 5.11 Å². The van der Waals surface area contributed by atoms with Gasteiger partial charge in [-0.1, -0.05) is 17.7 Å². The molecule has 1 aromatic carbocycles. The van der Waals surface area contributed by atoms with E-state index in [9.17, 15) is 5.11 Å². The number of benzene rings is 1. The Morgan fingerprint density at radius 1 is 1.25 bits per heavy atom. The summed E-state index contributed by atoms with van der Waals surface area (Å²) >= 11 is 11.2. The zero-order chi connectivity index (χ0) is 14.1. The van der Waals surface area contributed by atoms with Gasteiger partial charge in [0.05, 0.1) is 15.4 Å². The molecule has 0 aliphatic rings. The molecule has 0 aliphatic carbocycles. The number of aromatic nitrogens is 1. The van der Waals surface area contributed by atoms with E-state index in [-0.39, 0.29) is 0 Å². The lowest BCUT2D eigenvalue weighted by atomic mass is 10.0. The van der Waals surface area contributed by atoms with Crippen LogP contribution in [0.15, 0.2) is 46.4 Å². The average Bonchev–Trinajstić information content (AvgIpc) is 2.84. The van der Waals surface area contributed by atoms with Crippen LogP contribution >= 0.6 is 38.9 Å². The number of hydrogen-bond acceptors (Lipinski definition) is 3. The fraction of sp³-hybridized carbons (Fsp3) is 0.133. The number of rotatable bonds is 3. The van der Waals surface area contributed by atoms with Gasteiger partial charge >= 0.3 is 0 Å². The van der Waals surface area contributed by atoms with Gasteiger partial charge in [0.15, 0.2) is 0 Å². The number of pyridine rings is 1. The van der Waals surface area contributed by atoms with Gasteiger partial charge < -0.3 is 5.11 Å². The van der Waals surface area contributed by atoms with Crippen molar-refractivity contribution in [1.29, 1.82) is 0 Å². The van der Waals surface area contributed by atoms with Crippen LogP contribution in [0.4, 0.5) is 0 Å². The van der Waals surface area contributed by atoms with E-state index in [4.69, 9.17) is 11.6 Å². The molecule has 0 fully saturated rings. The van der Waals surface area contributed by atoms with E-state index in [2.05, 4.69) is 20.9 Å². The van der Waals surface area contributed by atoms with Crippen molar-refractivity contribution in [3.8, 4) is 0 Å². The molecule has 0 saturated carbocycles. The standard InChI is InChI=1S/C15H11BrClNOS/c16-14-6-3-9(20-14)8-13(19)11-4-5-12(17)10-2-1-7-18-15(10)11/h1-7,13,19H,8H2. The Labute approximate surface area is 134 Å². The third-order valence-corrected chi connectivity index (χ3v) is 5.11. The number of hydrogen-bond donors (Lipinski definition) is 1. The summed E-state index contributed by atoms with van der Waals surface area (Å²) in [5.74, 6) is 0. The molecule has 102 valence electrons. The number of nitrogens with zero attached hydrogens (tertiary/aromatic N) is 1. The first-order valence-electron chi connectivity index (χ1n) is 6.10. The van der Waals surface area contributed by atoms with E-state index in [1.54, 1.807) is 17.5 Å². The van der Waals surface area contributed by atoms with E-state index in [0.717, 1.165) is 25.1 Å². The maximum Gasteiger partial charge on any atom is 0.0859 e. The van der Waals surface area contributed by atoms with Gasteiger partial charge in [-0.2, -0.15) is 0 Å². The molecule has 1 N–H and O–H groups in total. The molecule has 0 saturated heterocycles. The molecule has 1 unspecified atom stereocenters. The smallest absolute Gasteiger partial charge is 0.0859 e. The first kappa shape index (κ1) is 14.0. The largest absolute Gasteiger partial charge is 0.388 e. The molecule has 0 bridgehead atoms. The quantitative estimate of drug-likeness (QED) is 0.706. The van der Waals surface area contributed by atoms with Gasteiger partial charge in [0.25, 0.3) is 0 Å². The highest BCUT2D eigenvalue weighted by Gasteiger charge is 2.15. The second-order valence-electron chi connectivity index (χ2n) is 4.46. The molecule has 2 heterocycles. The lowest BCUT2D eigenvalue weighted by Crippen LogP contribution is -2.02. The SMILES string of the molecule is OC(Cc1ccc(Br)s1)c1ccc(Cl)c2cccnc12. The second kappa shape index (κ2) is 5.82. The molecular formula is C15H11BrClNOS. The third-order valence-electron chi connectivity index (χ3n) is 3.13. The minimum atomic E-state index is -0.588. The van der Waals surface area contributed by atoms with Gasteiger partial charge in [-0.25, -0.2) is 0 Å². The van der Waals surface area contributed by atoms with Crippen LogP contribution in [0.5, 0.6) is 0 Å². The van der Waals surface area contributed by atoms with Gasteiger partial charge in [-0.15, -0.1) is 11.3 Å². The third kappa shape index (κ3) is 2.74. The lowest BCUT2D eigenvalue weighted by molar-refractivity contribution is 0.181. The summed E-state index contributed by atoms with van der Waals surface area (Å²) in [6, 6.07) is 11.4. The molecule has 3 aromatic rings. The highest BCUT2D eigenvalue weighted by Crippen LogP contribution is 2.32. The van der Waals surface area contributed by atoms with Crippen molar-refractivity contribution >= 4 is 49.8 Å². The van der Waals surface area contributed by atoms with Crippen LogP contribution in [0.3, 0.4) is 0 Å². The summed E-state index contributed by atoms with van der Waals surface area (Å²) < 4.78 is 1.07. The maximum atomic E-state index is 10.5. The van der Waals surface area contributed by atoms with Gasteiger partial charge in [0, 0.05) is 33.5 Å². The molecule has 1 atom stereocenters. The Morgan fingerprint density at radius 2 is 2.10 bits per heavy atom. The van der Waals surface area contributed by atoms with Crippen molar-refractivity contribution in [2.45, 2.75) is 12.5 Å². The van der Waals surface area contributed by atoms with Crippen LogP contribution in [0, 0.1) is 0 Å². The van der Waals surface area contributed by atoms with Crippen LogP contribution in [-0.4, -0.2) is 10.1 Å². The molecule has 0 spiro atoms. The number of halogens is 2. The first-order chi connectivity index (χ1) is 9.65. The first-order valence-corrected chi connectivity index (χ1v) is 8.09. The molecular weight excluding hydrogens is 358 g/mol. The number of thiophene rings is 1. The van der Waals surface area contributed by atoms with E-state index < -0.39 is 6.10 Å².